The molecule has 4 aromatic carbocycles. The number of nitrogens with zero attached hydrogens (tertiary/aromatic N) is 5. The van der Waals surface area contributed by atoms with E-state index in [1.807, 2.05) is 36.4 Å². The number of aryl methyl sites for hydroxylation is 1. The maximum Gasteiger partial charge on any atom is 0.255 e. The van der Waals surface area contributed by atoms with Gasteiger partial charge in [0.1, 0.15) is 11.9 Å². The molecule has 5 aromatic rings. The molecule has 59 heavy (non-hydrogen) atoms. The monoisotopic (exact) mass is 795 g/mol. The first-order valence-corrected chi connectivity index (χ1v) is 21.0. The Bertz CT molecular complexity index is 2500. The normalized spacial score (nSPS) is 20.6. The minimum atomic E-state index is -0.606. The van der Waals surface area contributed by atoms with Gasteiger partial charge in [-0.15, -0.1) is 0 Å². The van der Waals surface area contributed by atoms with Crippen molar-refractivity contribution in [3.63, 3.8) is 0 Å². The molecule has 5 aliphatic rings. The van der Waals surface area contributed by atoms with E-state index in [2.05, 4.69) is 60.5 Å². The molecule has 12 heteroatoms. The zero-order valence-corrected chi connectivity index (χ0v) is 33.0. The number of allylic oxidation sites excluding steroid dienone is 1. The van der Waals surface area contributed by atoms with Crippen molar-refractivity contribution in [1.29, 1.82) is 0 Å². The Balaban J connectivity index is 0.774. The van der Waals surface area contributed by atoms with Crippen LogP contribution in [0.2, 0.25) is 0 Å². The van der Waals surface area contributed by atoms with Crippen molar-refractivity contribution in [1.82, 2.24) is 25.3 Å². The number of rotatable bonds is 7. The van der Waals surface area contributed by atoms with E-state index in [0.29, 0.717) is 53.8 Å². The van der Waals surface area contributed by atoms with Crippen LogP contribution in [-0.4, -0.2) is 89.6 Å². The fourth-order valence-corrected chi connectivity index (χ4v) is 10.2. The van der Waals surface area contributed by atoms with Gasteiger partial charge in [0.05, 0.1) is 10.9 Å². The van der Waals surface area contributed by atoms with Crippen LogP contribution in [0.15, 0.2) is 78.9 Å². The number of halogens is 2. The summed E-state index contributed by atoms with van der Waals surface area (Å²) in [6.07, 6.45) is 4.98. The van der Waals surface area contributed by atoms with E-state index in [0.717, 1.165) is 104 Å². The van der Waals surface area contributed by atoms with Crippen molar-refractivity contribution >= 4 is 51.1 Å². The molecule has 0 spiro atoms. The summed E-state index contributed by atoms with van der Waals surface area (Å²) in [7, 11) is 0. The van der Waals surface area contributed by atoms with Gasteiger partial charge < -0.3 is 14.7 Å². The van der Waals surface area contributed by atoms with E-state index >= 15 is 8.78 Å². The number of piperidine rings is 2. The second-order valence-corrected chi connectivity index (χ2v) is 16.7. The van der Waals surface area contributed by atoms with Crippen LogP contribution in [0, 0.1) is 17.7 Å². The minimum absolute atomic E-state index is 0.140. The minimum Gasteiger partial charge on any atom is -0.372 e. The molecule has 302 valence electrons. The Morgan fingerprint density at radius 3 is 2.25 bits per heavy atom. The van der Waals surface area contributed by atoms with Crippen LogP contribution in [0.1, 0.15) is 76.7 Å². The Kier molecular flexibility index (Phi) is 9.74. The van der Waals surface area contributed by atoms with Crippen molar-refractivity contribution in [3.05, 3.63) is 124 Å². The number of imide groups is 1. The molecule has 10 nitrogen and oxygen atoms in total. The summed E-state index contributed by atoms with van der Waals surface area (Å²) in [6, 6.07) is 24.9. The van der Waals surface area contributed by atoms with Crippen LogP contribution in [-0.2, 0) is 22.6 Å². The molecule has 5 heterocycles. The zero-order valence-electron chi connectivity index (χ0n) is 33.0. The number of fused-ring (bicyclic) bond motifs is 4. The lowest BCUT2D eigenvalue weighted by Crippen LogP contribution is -2.52. The number of hydrogen-bond acceptors (Lipinski definition) is 7. The molecular formula is C47H47F2N7O3. The van der Waals surface area contributed by atoms with Gasteiger partial charge in [0.2, 0.25) is 17.8 Å². The Hall–Kier alpha value is -5.88. The highest BCUT2D eigenvalue weighted by molar-refractivity contribution is 6.06. The Labute approximate surface area is 341 Å². The average molecular weight is 796 g/mol. The molecule has 3 fully saturated rings. The molecule has 2 N–H and O–H groups in total. The van der Waals surface area contributed by atoms with Crippen molar-refractivity contribution < 1.29 is 23.2 Å². The van der Waals surface area contributed by atoms with Gasteiger partial charge in [-0.05, 0) is 120 Å². The highest BCUT2D eigenvalue weighted by Crippen LogP contribution is 2.43. The average Bonchev–Trinajstić information content (AvgIpc) is 3.72. The van der Waals surface area contributed by atoms with E-state index in [-0.39, 0.29) is 30.0 Å². The second kappa shape index (κ2) is 15.4. The van der Waals surface area contributed by atoms with E-state index in [4.69, 9.17) is 0 Å². The number of anilines is 2. The number of carbonyl (C=O) groups excluding carboxylic acids is 3. The summed E-state index contributed by atoms with van der Waals surface area (Å²) < 4.78 is 30.5. The number of amides is 3. The molecule has 1 aliphatic carbocycles. The van der Waals surface area contributed by atoms with Crippen molar-refractivity contribution in [2.45, 2.75) is 57.5 Å². The van der Waals surface area contributed by atoms with Gasteiger partial charge in [-0.2, -0.15) is 9.49 Å². The highest BCUT2D eigenvalue weighted by atomic mass is 19.1. The SMILES string of the molecule is O=C1CC[C@H](N2Cc3cc(N4CCN(CC5CCN(c6ccc(C7=C(c8ccccc8F)CCCc8c7ccc7n[nH]c(F)c87)cc6)CC5)CC4)ccc3C2=O)C(=O)N1. The van der Waals surface area contributed by atoms with Gasteiger partial charge >= 0.3 is 0 Å². The van der Waals surface area contributed by atoms with Gasteiger partial charge in [0.15, 0.2) is 0 Å². The number of aromatic amines is 1. The first-order chi connectivity index (χ1) is 28.8. The van der Waals surface area contributed by atoms with Crippen LogP contribution in [0.5, 0.6) is 0 Å². The fraction of sp³-hybridized carbons (Fsp3) is 0.362. The fourth-order valence-electron chi connectivity index (χ4n) is 10.2. The van der Waals surface area contributed by atoms with Crippen molar-refractivity contribution in [2.75, 3.05) is 55.6 Å². The van der Waals surface area contributed by atoms with E-state index in [1.54, 1.807) is 11.0 Å². The third-order valence-electron chi connectivity index (χ3n) is 13.3. The van der Waals surface area contributed by atoms with Crippen LogP contribution in [0.25, 0.3) is 22.0 Å². The molecule has 4 aliphatic heterocycles. The lowest BCUT2D eigenvalue weighted by Gasteiger charge is -2.40. The van der Waals surface area contributed by atoms with Crippen LogP contribution in [0.4, 0.5) is 20.2 Å². The summed E-state index contributed by atoms with van der Waals surface area (Å²) in [5.74, 6) is -0.861. The van der Waals surface area contributed by atoms with Gasteiger partial charge in [-0.25, -0.2) is 4.39 Å². The molecule has 0 radical (unpaired) electrons. The predicted octanol–water partition coefficient (Wildman–Crippen LogP) is 6.94. The number of hydrogen-bond donors (Lipinski definition) is 2. The third kappa shape index (κ3) is 6.96. The van der Waals surface area contributed by atoms with Gasteiger partial charge in [0.25, 0.3) is 5.91 Å². The topological polar surface area (TPSA) is 105 Å². The number of H-pyrrole nitrogens is 1. The second-order valence-electron chi connectivity index (χ2n) is 16.7. The third-order valence-corrected chi connectivity index (χ3v) is 13.3. The number of nitrogens with one attached hydrogen (secondary N) is 2. The number of carbonyl (C=O) groups is 3. The summed E-state index contributed by atoms with van der Waals surface area (Å²) in [5, 5.41) is 9.60. The maximum atomic E-state index is 15.4. The maximum absolute atomic E-state index is 15.4. The van der Waals surface area contributed by atoms with Crippen LogP contribution < -0.4 is 15.1 Å². The van der Waals surface area contributed by atoms with E-state index < -0.39 is 12.0 Å². The predicted molar refractivity (Wildman–Crippen MR) is 224 cm³/mol. The van der Waals surface area contributed by atoms with Crippen molar-refractivity contribution in [2.24, 2.45) is 5.92 Å². The zero-order chi connectivity index (χ0) is 40.2. The molecule has 3 saturated heterocycles. The first kappa shape index (κ1) is 37.4. The molecule has 3 amide bonds. The summed E-state index contributed by atoms with van der Waals surface area (Å²) in [6.45, 7) is 7.22. The van der Waals surface area contributed by atoms with Crippen LogP contribution in [0.3, 0.4) is 0 Å². The highest BCUT2D eigenvalue weighted by Gasteiger charge is 2.39. The molecule has 1 atom stereocenters. The molecule has 0 saturated carbocycles. The quantitative estimate of drug-likeness (QED) is 0.172. The van der Waals surface area contributed by atoms with Crippen molar-refractivity contribution in [3.8, 4) is 0 Å². The Morgan fingerprint density at radius 1 is 0.729 bits per heavy atom. The summed E-state index contributed by atoms with van der Waals surface area (Å²) in [5.41, 5.74) is 9.81. The smallest absolute Gasteiger partial charge is 0.255 e. The van der Waals surface area contributed by atoms with Crippen LogP contribution >= 0.6 is 0 Å². The lowest BCUT2D eigenvalue weighted by atomic mass is 9.87. The number of benzene rings is 4. The van der Waals surface area contributed by atoms with E-state index in [1.165, 1.54) is 11.8 Å². The Morgan fingerprint density at radius 2 is 1.47 bits per heavy atom. The molecule has 10 rings (SSSR count). The summed E-state index contributed by atoms with van der Waals surface area (Å²) in [4.78, 5) is 46.4. The number of piperazine rings is 1. The standard InChI is InChI=1S/C47H47F2N7O3/c48-39-7-2-1-4-35(39)36-5-3-6-37-38(14-15-40-44(37)45(49)52-51-40)43(36)30-8-10-32(11-9-30)54-20-18-29(19-21-54)27-53-22-24-55(25-23-53)33-12-13-34-31(26-33)28-56(47(34)59)41-16-17-42(57)50-46(41)58/h1-2,4,7-15,26,29,41H,3,5-6,16-25,27-28H2,(H,51,52)(H,50,57,58)/t41-/m0/s1. The molecular weight excluding hydrogens is 749 g/mol. The molecule has 1 aromatic heterocycles. The van der Waals surface area contributed by atoms with Gasteiger partial charge in [-0.1, -0.05) is 36.4 Å². The van der Waals surface area contributed by atoms with Gasteiger partial charge in [-0.3, -0.25) is 29.7 Å². The van der Waals surface area contributed by atoms with Gasteiger partial charge in [0, 0.05) is 81.3 Å². The number of aromatic nitrogens is 2. The summed E-state index contributed by atoms with van der Waals surface area (Å²) >= 11 is 0. The molecule has 0 unspecified atom stereocenters. The molecule has 0 bridgehead atoms. The van der Waals surface area contributed by atoms with E-state index in [9.17, 15) is 14.4 Å². The largest absolute Gasteiger partial charge is 0.372 e. The lowest BCUT2D eigenvalue weighted by molar-refractivity contribution is -0.136. The first-order valence-electron chi connectivity index (χ1n) is 21.0.